The Morgan fingerprint density at radius 1 is 1.17 bits per heavy atom. The number of carbonyl (C=O) groups excluding carboxylic acids is 1. The van der Waals surface area contributed by atoms with Gasteiger partial charge < -0.3 is 5.73 Å². The fourth-order valence-electron chi connectivity index (χ4n) is 2.35. The highest BCUT2D eigenvalue weighted by Crippen LogP contribution is 2.31. The van der Waals surface area contributed by atoms with E-state index in [0.717, 1.165) is 31.4 Å². The van der Waals surface area contributed by atoms with Gasteiger partial charge in [-0.25, -0.2) is 0 Å². The lowest BCUT2D eigenvalue weighted by Gasteiger charge is -2.14. The minimum Gasteiger partial charge on any atom is -0.327 e. The summed E-state index contributed by atoms with van der Waals surface area (Å²) in [6.07, 6.45) is -1.94. The Morgan fingerprint density at radius 3 is 2.22 bits per heavy atom. The highest BCUT2D eigenvalue weighted by atomic mass is 19.4. The summed E-state index contributed by atoms with van der Waals surface area (Å²) >= 11 is 0. The molecule has 0 aliphatic heterocycles. The molecule has 2 unspecified atom stereocenters. The Hall–Kier alpha value is -1.36. The summed E-state index contributed by atoms with van der Waals surface area (Å²) in [7, 11) is 0. The van der Waals surface area contributed by atoms with Crippen LogP contribution in [0.2, 0.25) is 0 Å². The lowest BCUT2D eigenvalue weighted by atomic mass is 9.93. The first-order valence-electron chi connectivity index (χ1n) is 5.86. The molecule has 1 aliphatic rings. The predicted molar refractivity (Wildman–Crippen MR) is 61.1 cm³/mol. The molecular formula is C13H14F3NO. The van der Waals surface area contributed by atoms with Gasteiger partial charge in [0.1, 0.15) is 0 Å². The second-order valence-electron chi connectivity index (χ2n) is 4.64. The third-order valence-electron chi connectivity index (χ3n) is 3.40. The molecule has 1 saturated carbocycles. The van der Waals surface area contributed by atoms with Crippen molar-refractivity contribution in [2.75, 3.05) is 0 Å². The van der Waals surface area contributed by atoms with Gasteiger partial charge in [-0.1, -0.05) is 18.6 Å². The average molecular weight is 257 g/mol. The summed E-state index contributed by atoms with van der Waals surface area (Å²) in [5, 5.41) is 0. The highest BCUT2D eigenvalue weighted by Gasteiger charge is 2.33. The van der Waals surface area contributed by atoms with Crippen LogP contribution < -0.4 is 5.73 Å². The first kappa shape index (κ1) is 13.1. The summed E-state index contributed by atoms with van der Waals surface area (Å²) < 4.78 is 37.1. The van der Waals surface area contributed by atoms with E-state index in [1.54, 1.807) is 0 Å². The van der Waals surface area contributed by atoms with Crippen molar-refractivity contribution >= 4 is 5.78 Å². The number of hydrogen-bond acceptors (Lipinski definition) is 2. The Kier molecular flexibility index (Phi) is 3.43. The number of halogens is 3. The van der Waals surface area contributed by atoms with E-state index < -0.39 is 11.7 Å². The lowest BCUT2D eigenvalue weighted by Crippen LogP contribution is -2.30. The number of Topliss-reactive ketones (excluding diaryl/α,β-unsaturated/α-hetero) is 1. The molecule has 5 heteroatoms. The van der Waals surface area contributed by atoms with E-state index in [1.807, 2.05) is 0 Å². The van der Waals surface area contributed by atoms with Crippen LogP contribution in [-0.2, 0) is 6.18 Å². The second kappa shape index (κ2) is 4.72. The van der Waals surface area contributed by atoms with Crippen LogP contribution in [-0.4, -0.2) is 11.8 Å². The Bertz CT molecular complexity index is 439. The van der Waals surface area contributed by atoms with Gasteiger partial charge in [0.25, 0.3) is 0 Å². The first-order chi connectivity index (χ1) is 8.39. The third kappa shape index (κ3) is 2.56. The summed E-state index contributed by atoms with van der Waals surface area (Å²) in [4.78, 5) is 12.1. The number of carbonyl (C=O) groups is 1. The normalized spacial score (nSPS) is 24.2. The summed E-state index contributed by atoms with van der Waals surface area (Å²) in [6.45, 7) is 0. The summed E-state index contributed by atoms with van der Waals surface area (Å²) in [5.74, 6) is -0.393. The van der Waals surface area contributed by atoms with Crippen molar-refractivity contribution in [3.05, 3.63) is 35.4 Å². The highest BCUT2D eigenvalue weighted by molar-refractivity contribution is 5.98. The molecule has 2 nitrogen and oxygen atoms in total. The van der Waals surface area contributed by atoms with Crippen molar-refractivity contribution < 1.29 is 18.0 Å². The van der Waals surface area contributed by atoms with E-state index in [1.165, 1.54) is 12.1 Å². The quantitative estimate of drug-likeness (QED) is 0.827. The van der Waals surface area contributed by atoms with Crippen molar-refractivity contribution in [3.8, 4) is 0 Å². The monoisotopic (exact) mass is 257 g/mol. The molecule has 1 aromatic carbocycles. The molecule has 1 aliphatic carbocycles. The van der Waals surface area contributed by atoms with Gasteiger partial charge in [-0.2, -0.15) is 13.2 Å². The Labute approximate surface area is 103 Å². The molecular weight excluding hydrogens is 243 g/mol. The molecule has 0 aromatic heterocycles. The van der Waals surface area contributed by atoms with Gasteiger partial charge >= 0.3 is 6.18 Å². The number of ketones is 1. The molecule has 1 aromatic rings. The molecule has 1 fully saturated rings. The zero-order valence-corrected chi connectivity index (χ0v) is 9.70. The first-order valence-corrected chi connectivity index (χ1v) is 5.86. The number of benzene rings is 1. The molecule has 0 spiro atoms. The Balaban J connectivity index is 2.17. The van der Waals surface area contributed by atoms with Gasteiger partial charge in [0.15, 0.2) is 5.78 Å². The lowest BCUT2D eigenvalue weighted by molar-refractivity contribution is -0.137. The van der Waals surface area contributed by atoms with E-state index in [2.05, 4.69) is 0 Å². The van der Waals surface area contributed by atoms with Crippen molar-refractivity contribution in [1.29, 1.82) is 0 Å². The molecule has 0 saturated heterocycles. The molecule has 2 rings (SSSR count). The third-order valence-corrected chi connectivity index (χ3v) is 3.40. The minimum atomic E-state index is -4.37. The van der Waals surface area contributed by atoms with E-state index >= 15 is 0 Å². The van der Waals surface area contributed by atoms with Crippen LogP contribution >= 0.6 is 0 Å². The van der Waals surface area contributed by atoms with Crippen LogP contribution in [0, 0.1) is 5.92 Å². The average Bonchev–Trinajstić information content (AvgIpc) is 2.73. The number of hydrogen-bond donors (Lipinski definition) is 1. The van der Waals surface area contributed by atoms with E-state index in [0.29, 0.717) is 5.56 Å². The smallest absolute Gasteiger partial charge is 0.327 e. The fourth-order valence-corrected chi connectivity index (χ4v) is 2.35. The number of alkyl halides is 3. The van der Waals surface area contributed by atoms with Crippen LogP contribution in [0.3, 0.4) is 0 Å². The number of rotatable bonds is 2. The second-order valence-corrected chi connectivity index (χ2v) is 4.64. The van der Waals surface area contributed by atoms with Crippen molar-refractivity contribution in [1.82, 2.24) is 0 Å². The number of nitrogens with two attached hydrogens (primary N) is 1. The van der Waals surface area contributed by atoms with Crippen molar-refractivity contribution in [2.24, 2.45) is 11.7 Å². The molecule has 2 atom stereocenters. The molecule has 0 radical (unpaired) electrons. The van der Waals surface area contributed by atoms with Gasteiger partial charge in [-0.3, -0.25) is 4.79 Å². The van der Waals surface area contributed by atoms with Crippen LogP contribution in [0.5, 0.6) is 0 Å². The topological polar surface area (TPSA) is 43.1 Å². The van der Waals surface area contributed by atoms with Crippen LogP contribution in [0.15, 0.2) is 24.3 Å². The molecule has 18 heavy (non-hydrogen) atoms. The zero-order valence-electron chi connectivity index (χ0n) is 9.70. The zero-order chi connectivity index (χ0) is 13.3. The fraction of sp³-hybridized carbons (Fsp3) is 0.462. The maximum Gasteiger partial charge on any atom is 0.416 e. The molecule has 0 amide bonds. The van der Waals surface area contributed by atoms with Gasteiger partial charge in [-0.05, 0) is 25.0 Å². The predicted octanol–water partition coefficient (Wildman–Crippen LogP) is 3.02. The minimum absolute atomic E-state index is 0.145. The maximum atomic E-state index is 12.4. The SMILES string of the molecule is NC1CCCC1C(=O)c1ccc(C(F)(F)F)cc1. The molecule has 0 bridgehead atoms. The molecule has 98 valence electrons. The van der Waals surface area contributed by atoms with Crippen LogP contribution in [0.4, 0.5) is 13.2 Å². The molecule has 2 N–H and O–H groups in total. The maximum absolute atomic E-state index is 12.4. The largest absolute Gasteiger partial charge is 0.416 e. The van der Waals surface area contributed by atoms with E-state index in [4.69, 9.17) is 5.73 Å². The van der Waals surface area contributed by atoms with Gasteiger partial charge in [0, 0.05) is 17.5 Å². The standard InChI is InChI=1S/C13H14F3NO/c14-13(15,16)9-6-4-8(5-7-9)12(18)10-2-1-3-11(10)17/h4-7,10-11H,1-3,17H2. The van der Waals surface area contributed by atoms with Gasteiger partial charge in [0.05, 0.1) is 5.56 Å². The van der Waals surface area contributed by atoms with Crippen molar-refractivity contribution in [3.63, 3.8) is 0 Å². The van der Waals surface area contributed by atoms with Gasteiger partial charge in [0.2, 0.25) is 0 Å². The van der Waals surface area contributed by atoms with Crippen molar-refractivity contribution in [2.45, 2.75) is 31.5 Å². The van der Waals surface area contributed by atoms with Gasteiger partial charge in [-0.15, -0.1) is 0 Å². The Morgan fingerprint density at radius 2 is 1.78 bits per heavy atom. The summed E-state index contributed by atoms with van der Waals surface area (Å²) in [5.41, 5.74) is 5.39. The molecule has 0 heterocycles. The van der Waals surface area contributed by atoms with Crippen LogP contribution in [0.1, 0.15) is 35.2 Å². The van der Waals surface area contributed by atoms with E-state index in [9.17, 15) is 18.0 Å². The summed E-state index contributed by atoms with van der Waals surface area (Å²) in [6, 6.07) is 4.17. The van der Waals surface area contributed by atoms with Crippen LogP contribution in [0.25, 0.3) is 0 Å². The van der Waals surface area contributed by atoms with E-state index in [-0.39, 0.29) is 17.7 Å².